The molecule has 0 spiro atoms. The van der Waals surface area contributed by atoms with Crippen molar-refractivity contribution in [2.75, 3.05) is 6.61 Å². The van der Waals surface area contributed by atoms with Crippen LogP contribution in [0.3, 0.4) is 0 Å². The number of carbonyl (C=O) groups is 1. The van der Waals surface area contributed by atoms with Gasteiger partial charge in [0.25, 0.3) is 0 Å². The number of ether oxygens (including phenoxy) is 1. The van der Waals surface area contributed by atoms with Gasteiger partial charge in [0.2, 0.25) is 0 Å². The van der Waals surface area contributed by atoms with Crippen LogP contribution in [0.1, 0.15) is 27.4 Å². The molecule has 0 bridgehead atoms. The Bertz CT molecular complexity index is 899. The SMILES string of the molecule is O=C(c1ccccc1)C1COC(c2ccccc2)=CC1c1ccccc1. The van der Waals surface area contributed by atoms with Crippen LogP contribution in [-0.4, -0.2) is 12.4 Å². The minimum Gasteiger partial charge on any atom is -0.492 e. The smallest absolute Gasteiger partial charge is 0.170 e. The summed E-state index contributed by atoms with van der Waals surface area (Å²) in [6.45, 7) is 0.383. The van der Waals surface area contributed by atoms with E-state index in [9.17, 15) is 4.79 Å². The minimum absolute atomic E-state index is 0.00661. The monoisotopic (exact) mass is 340 g/mol. The fourth-order valence-corrected chi connectivity index (χ4v) is 3.45. The Morgan fingerprint density at radius 3 is 2.00 bits per heavy atom. The average Bonchev–Trinajstić information content (AvgIpc) is 2.75. The van der Waals surface area contributed by atoms with Crippen molar-refractivity contribution in [1.29, 1.82) is 0 Å². The van der Waals surface area contributed by atoms with Crippen LogP contribution in [0.4, 0.5) is 0 Å². The quantitative estimate of drug-likeness (QED) is 0.599. The molecular weight excluding hydrogens is 320 g/mol. The van der Waals surface area contributed by atoms with Crippen molar-refractivity contribution in [3.05, 3.63) is 114 Å². The molecule has 26 heavy (non-hydrogen) atoms. The number of benzene rings is 3. The topological polar surface area (TPSA) is 26.3 Å². The molecule has 2 heteroatoms. The summed E-state index contributed by atoms with van der Waals surface area (Å²) in [7, 11) is 0. The van der Waals surface area contributed by atoms with E-state index >= 15 is 0 Å². The molecule has 128 valence electrons. The number of ketones is 1. The Balaban J connectivity index is 1.73. The van der Waals surface area contributed by atoms with Crippen LogP contribution in [0.15, 0.2) is 97.1 Å². The molecule has 2 atom stereocenters. The third-order valence-electron chi connectivity index (χ3n) is 4.82. The third-order valence-corrected chi connectivity index (χ3v) is 4.82. The van der Waals surface area contributed by atoms with Gasteiger partial charge in [0.1, 0.15) is 5.76 Å². The number of carbonyl (C=O) groups excluding carboxylic acids is 1. The van der Waals surface area contributed by atoms with Crippen LogP contribution in [0.5, 0.6) is 0 Å². The third kappa shape index (κ3) is 3.31. The van der Waals surface area contributed by atoms with Gasteiger partial charge in [-0.1, -0.05) is 91.0 Å². The lowest BCUT2D eigenvalue weighted by Gasteiger charge is -2.30. The molecule has 0 amide bonds. The van der Waals surface area contributed by atoms with E-state index in [0.29, 0.717) is 6.61 Å². The maximum absolute atomic E-state index is 13.1. The highest BCUT2D eigenvalue weighted by Crippen LogP contribution is 2.37. The highest BCUT2D eigenvalue weighted by molar-refractivity contribution is 5.99. The normalized spacial score (nSPS) is 19.3. The first-order chi connectivity index (χ1) is 12.8. The molecule has 0 aliphatic carbocycles. The van der Waals surface area contributed by atoms with Crippen molar-refractivity contribution in [1.82, 2.24) is 0 Å². The maximum atomic E-state index is 13.1. The van der Waals surface area contributed by atoms with Crippen LogP contribution < -0.4 is 0 Å². The number of rotatable bonds is 4. The molecule has 0 radical (unpaired) electrons. The number of hydrogen-bond acceptors (Lipinski definition) is 2. The van der Waals surface area contributed by atoms with E-state index in [0.717, 1.165) is 22.4 Å². The molecule has 0 saturated heterocycles. The van der Waals surface area contributed by atoms with Crippen molar-refractivity contribution in [3.8, 4) is 0 Å². The summed E-state index contributed by atoms with van der Waals surface area (Å²) in [5, 5.41) is 0. The summed E-state index contributed by atoms with van der Waals surface area (Å²) in [5.74, 6) is 0.736. The first-order valence-electron chi connectivity index (χ1n) is 8.87. The van der Waals surface area contributed by atoms with E-state index in [1.165, 1.54) is 0 Å². The Kier molecular flexibility index (Phi) is 4.65. The van der Waals surface area contributed by atoms with Crippen LogP contribution in [-0.2, 0) is 4.74 Å². The minimum atomic E-state index is -0.229. The summed E-state index contributed by atoms with van der Waals surface area (Å²) < 4.78 is 6.01. The first-order valence-corrected chi connectivity index (χ1v) is 8.87. The average molecular weight is 340 g/mol. The molecule has 3 aromatic rings. The van der Waals surface area contributed by atoms with Gasteiger partial charge in [0.05, 0.1) is 12.5 Å². The molecule has 2 unspecified atom stereocenters. The van der Waals surface area contributed by atoms with Crippen molar-refractivity contribution >= 4 is 11.5 Å². The fourth-order valence-electron chi connectivity index (χ4n) is 3.45. The summed E-state index contributed by atoms with van der Waals surface area (Å²) >= 11 is 0. The van der Waals surface area contributed by atoms with Gasteiger partial charge >= 0.3 is 0 Å². The summed E-state index contributed by atoms with van der Waals surface area (Å²) in [5.41, 5.74) is 2.91. The number of allylic oxidation sites excluding steroid dienone is 1. The molecule has 0 aromatic heterocycles. The Morgan fingerprint density at radius 2 is 1.35 bits per heavy atom. The molecule has 1 aliphatic heterocycles. The number of Topliss-reactive ketones (excluding diaryl/α,β-unsaturated/α-hetero) is 1. The van der Waals surface area contributed by atoms with Gasteiger partial charge in [-0.2, -0.15) is 0 Å². The van der Waals surface area contributed by atoms with Gasteiger partial charge in [-0.15, -0.1) is 0 Å². The Labute approximate surface area is 153 Å². The molecule has 2 nitrogen and oxygen atoms in total. The van der Waals surface area contributed by atoms with Crippen molar-refractivity contribution in [2.45, 2.75) is 5.92 Å². The summed E-state index contributed by atoms with van der Waals surface area (Å²) in [6, 6.07) is 29.7. The van der Waals surface area contributed by atoms with Gasteiger partial charge in [-0.25, -0.2) is 0 Å². The lowest BCUT2D eigenvalue weighted by Crippen LogP contribution is -2.29. The lowest BCUT2D eigenvalue weighted by atomic mass is 9.79. The summed E-state index contributed by atoms with van der Waals surface area (Å²) in [6.07, 6.45) is 2.10. The highest BCUT2D eigenvalue weighted by atomic mass is 16.5. The first kappa shape index (κ1) is 16.3. The van der Waals surface area contributed by atoms with Gasteiger partial charge < -0.3 is 4.74 Å². The Hall–Kier alpha value is -3.13. The molecule has 1 aliphatic rings. The van der Waals surface area contributed by atoms with Crippen LogP contribution >= 0.6 is 0 Å². The largest absolute Gasteiger partial charge is 0.492 e. The molecule has 3 aromatic carbocycles. The second-order valence-corrected chi connectivity index (χ2v) is 6.48. The zero-order valence-corrected chi connectivity index (χ0v) is 14.4. The predicted octanol–water partition coefficient (Wildman–Crippen LogP) is 5.34. The van der Waals surface area contributed by atoms with Gasteiger partial charge in [-0.05, 0) is 11.6 Å². The van der Waals surface area contributed by atoms with Crippen LogP contribution in [0.25, 0.3) is 5.76 Å². The maximum Gasteiger partial charge on any atom is 0.170 e. The zero-order valence-electron chi connectivity index (χ0n) is 14.4. The number of hydrogen-bond donors (Lipinski definition) is 0. The lowest BCUT2D eigenvalue weighted by molar-refractivity contribution is 0.0822. The molecule has 4 rings (SSSR count). The highest BCUT2D eigenvalue weighted by Gasteiger charge is 2.33. The van der Waals surface area contributed by atoms with E-state index in [2.05, 4.69) is 18.2 Å². The molecule has 0 saturated carbocycles. The molecule has 0 N–H and O–H groups in total. The predicted molar refractivity (Wildman–Crippen MR) is 104 cm³/mol. The molecule has 0 fully saturated rings. The van der Waals surface area contributed by atoms with Gasteiger partial charge in [0.15, 0.2) is 5.78 Å². The van der Waals surface area contributed by atoms with Gasteiger partial charge in [-0.3, -0.25) is 4.79 Å². The fraction of sp³-hybridized carbons (Fsp3) is 0.125. The van der Waals surface area contributed by atoms with E-state index in [1.54, 1.807) is 0 Å². The molecule has 1 heterocycles. The van der Waals surface area contributed by atoms with E-state index < -0.39 is 0 Å². The van der Waals surface area contributed by atoms with Crippen molar-refractivity contribution in [2.24, 2.45) is 5.92 Å². The summed E-state index contributed by atoms with van der Waals surface area (Å²) in [4.78, 5) is 13.1. The van der Waals surface area contributed by atoms with E-state index in [4.69, 9.17) is 4.74 Å². The standard InChI is InChI=1S/C24H20O2/c25-24(20-14-8-3-9-15-20)22-17-26-23(19-12-6-2-7-13-19)16-21(22)18-10-4-1-5-11-18/h1-16,21-22H,17H2. The van der Waals surface area contributed by atoms with Gasteiger partial charge in [0, 0.05) is 17.0 Å². The Morgan fingerprint density at radius 1 is 0.769 bits per heavy atom. The van der Waals surface area contributed by atoms with E-state index in [1.807, 2.05) is 78.9 Å². The second kappa shape index (κ2) is 7.40. The molecular formula is C24H20O2. The van der Waals surface area contributed by atoms with E-state index in [-0.39, 0.29) is 17.6 Å². The van der Waals surface area contributed by atoms with Crippen molar-refractivity contribution < 1.29 is 9.53 Å². The van der Waals surface area contributed by atoms with Crippen LogP contribution in [0, 0.1) is 5.92 Å². The second-order valence-electron chi connectivity index (χ2n) is 6.48. The van der Waals surface area contributed by atoms with Crippen LogP contribution in [0.2, 0.25) is 0 Å². The van der Waals surface area contributed by atoms with Crippen molar-refractivity contribution in [3.63, 3.8) is 0 Å². The zero-order chi connectivity index (χ0) is 17.8.